The Balaban J connectivity index is 3.15. The minimum atomic E-state index is -4.59. The van der Waals surface area contributed by atoms with Gasteiger partial charge in [0.1, 0.15) is 11.5 Å². The quantitative estimate of drug-likeness (QED) is 0.360. The van der Waals surface area contributed by atoms with E-state index in [4.69, 9.17) is 11.6 Å². The van der Waals surface area contributed by atoms with E-state index in [1.807, 2.05) is 0 Å². The minimum absolute atomic E-state index is 0.203. The summed E-state index contributed by atoms with van der Waals surface area (Å²) in [5.41, 5.74) is 5.55. The van der Waals surface area contributed by atoms with E-state index in [-0.39, 0.29) is 5.56 Å². The van der Waals surface area contributed by atoms with Crippen LogP contribution in [0.3, 0.4) is 0 Å². The van der Waals surface area contributed by atoms with E-state index in [0.717, 1.165) is 6.07 Å². The number of carbonyl (C=O) groups is 1. The Morgan fingerprint density at radius 1 is 1.40 bits per heavy atom. The molecule has 15 heavy (non-hydrogen) atoms. The lowest BCUT2D eigenvalue weighted by atomic mass is 10.2. The predicted molar refractivity (Wildman–Crippen MR) is 45.3 cm³/mol. The normalized spacial score (nSPS) is 11.2. The van der Waals surface area contributed by atoms with E-state index >= 15 is 0 Å². The summed E-state index contributed by atoms with van der Waals surface area (Å²) in [7, 11) is 0. The van der Waals surface area contributed by atoms with Crippen molar-refractivity contribution in [1.29, 1.82) is 0 Å². The van der Waals surface area contributed by atoms with Crippen LogP contribution in [0.5, 0.6) is 0 Å². The molecule has 1 heterocycles. The molecule has 0 aliphatic heterocycles. The van der Waals surface area contributed by atoms with Crippen LogP contribution < -0.4 is 17.0 Å². The van der Waals surface area contributed by atoms with Crippen LogP contribution in [0.1, 0.15) is 16.1 Å². The van der Waals surface area contributed by atoms with Crippen molar-refractivity contribution in [2.45, 2.75) is 6.18 Å². The number of carbonyl (C=O) groups excluding carboxylic acids is 1. The molecule has 1 rings (SSSR count). The van der Waals surface area contributed by atoms with Gasteiger partial charge in [-0.15, -0.1) is 0 Å². The maximum atomic E-state index is 12.1. The van der Waals surface area contributed by atoms with E-state index in [9.17, 15) is 18.0 Å². The molecule has 5 N–H and O–H groups in total. The zero-order valence-corrected chi connectivity index (χ0v) is 7.30. The lowest BCUT2D eigenvalue weighted by Gasteiger charge is -2.08. The third-order valence-corrected chi connectivity index (χ3v) is 1.59. The van der Waals surface area contributed by atoms with E-state index in [0.29, 0.717) is 6.07 Å². The number of hydrogen-bond donors (Lipinski definition) is 3. The molecule has 0 saturated carbocycles. The lowest BCUT2D eigenvalue weighted by molar-refractivity contribution is -0.141. The van der Waals surface area contributed by atoms with Crippen molar-refractivity contribution in [2.75, 3.05) is 5.73 Å². The van der Waals surface area contributed by atoms with Crippen LogP contribution in [0, 0.1) is 0 Å². The van der Waals surface area contributed by atoms with Crippen LogP contribution in [-0.2, 0) is 6.18 Å². The number of hydrazine groups is 1. The minimum Gasteiger partial charge on any atom is -0.383 e. The van der Waals surface area contributed by atoms with Crippen LogP contribution in [0.4, 0.5) is 19.0 Å². The van der Waals surface area contributed by atoms with Gasteiger partial charge in [-0.25, -0.2) is 10.8 Å². The molecule has 5 nitrogen and oxygen atoms in total. The molecule has 0 radical (unpaired) electrons. The highest BCUT2D eigenvalue weighted by atomic mass is 19.4. The molecule has 0 unspecified atom stereocenters. The molecule has 1 aromatic heterocycles. The Hall–Kier alpha value is -1.83. The van der Waals surface area contributed by atoms with Crippen LogP contribution in [-0.4, -0.2) is 10.9 Å². The van der Waals surface area contributed by atoms with Crippen molar-refractivity contribution in [3.63, 3.8) is 0 Å². The van der Waals surface area contributed by atoms with E-state index in [1.165, 1.54) is 0 Å². The molecule has 0 fully saturated rings. The highest BCUT2D eigenvalue weighted by Gasteiger charge is 2.33. The van der Waals surface area contributed by atoms with Crippen LogP contribution in [0.25, 0.3) is 0 Å². The summed E-state index contributed by atoms with van der Waals surface area (Å²) < 4.78 is 36.4. The molecule has 0 saturated heterocycles. The van der Waals surface area contributed by atoms with Gasteiger partial charge < -0.3 is 5.73 Å². The van der Waals surface area contributed by atoms with E-state index in [1.54, 1.807) is 5.43 Å². The zero-order chi connectivity index (χ0) is 11.6. The number of halogens is 3. The molecule has 1 aromatic rings. The topological polar surface area (TPSA) is 94.0 Å². The molecule has 0 aliphatic rings. The van der Waals surface area contributed by atoms with Gasteiger partial charge in [0.05, 0.1) is 5.56 Å². The first-order valence-electron chi connectivity index (χ1n) is 3.71. The smallest absolute Gasteiger partial charge is 0.383 e. The summed E-state index contributed by atoms with van der Waals surface area (Å²) in [5, 5.41) is 0. The van der Waals surface area contributed by atoms with Crippen LogP contribution in [0.15, 0.2) is 12.1 Å². The standard InChI is InChI=1S/C7H7F3N4O/c8-7(9,10)4-2-1-3(5(11)13-4)6(15)14-12/h1-2H,12H2,(H2,11,13)(H,14,15). The maximum absolute atomic E-state index is 12.1. The lowest BCUT2D eigenvalue weighted by Crippen LogP contribution is -2.31. The van der Waals surface area contributed by atoms with Gasteiger partial charge in [-0.3, -0.25) is 10.2 Å². The number of nitrogens with zero attached hydrogens (tertiary/aromatic N) is 1. The number of nitrogens with one attached hydrogen (secondary N) is 1. The third-order valence-electron chi connectivity index (χ3n) is 1.59. The van der Waals surface area contributed by atoms with E-state index in [2.05, 4.69) is 4.98 Å². The predicted octanol–water partition coefficient (Wildman–Crippen LogP) is 0.286. The molecular formula is C7H7F3N4O. The first kappa shape index (κ1) is 11.2. The van der Waals surface area contributed by atoms with Crippen molar-refractivity contribution in [3.05, 3.63) is 23.4 Å². The van der Waals surface area contributed by atoms with Crippen molar-refractivity contribution in [3.8, 4) is 0 Å². The Labute approximate surface area is 82.2 Å². The molecule has 1 amide bonds. The van der Waals surface area contributed by atoms with Gasteiger partial charge in [0.15, 0.2) is 0 Å². The fourth-order valence-electron chi connectivity index (χ4n) is 0.903. The van der Waals surface area contributed by atoms with Gasteiger partial charge in [-0.1, -0.05) is 0 Å². The summed E-state index contributed by atoms with van der Waals surface area (Å²) in [6.07, 6.45) is -4.59. The van der Waals surface area contributed by atoms with Gasteiger partial charge in [0.2, 0.25) is 0 Å². The average Bonchev–Trinajstić information content (AvgIpc) is 2.15. The van der Waals surface area contributed by atoms with Gasteiger partial charge in [-0.2, -0.15) is 13.2 Å². The maximum Gasteiger partial charge on any atom is 0.433 e. The fraction of sp³-hybridized carbons (Fsp3) is 0.143. The fourth-order valence-corrected chi connectivity index (χ4v) is 0.903. The van der Waals surface area contributed by atoms with Gasteiger partial charge in [0.25, 0.3) is 5.91 Å². The van der Waals surface area contributed by atoms with Gasteiger partial charge in [0, 0.05) is 0 Å². The summed E-state index contributed by atoms with van der Waals surface area (Å²) >= 11 is 0. The number of anilines is 1. The molecule has 8 heteroatoms. The number of aromatic nitrogens is 1. The summed E-state index contributed by atoms with van der Waals surface area (Å²) in [6, 6.07) is 1.56. The second-order valence-electron chi connectivity index (χ2n) is 2.60. The third kappa shape index (κ3) is 2.34. The first-order valence-corrected chi connectivity index (χ1v) is 3.71. The second kappa shape index (κ2) is 3.73. The highest BCUT2D eigenvalue weighted by Crippen LogP contribution is 2.28. The first-order chi connectivity index (χ1) is 6.86. The van der Waals surface area contributed by atoms with Crippen LogP contribution in [0.2, 0.25) is 0 Å². The largest absolute Gasteiger partial charge is 0.433 e. The average molecular weight is 220 g/mol. The number of rotatable bonds is 1. The molecule has 0 spiro atoms. The Kier molecular flexibility index (Phi) is 2.80. The number of alkyl halides is 3. The Morgan fingerprint density at radius 3 is 2.40 bits per heavy atom. The number of nitrogens with two attached hydrogens (primary N) is 2. The zero-order valence-electron chi connectivity index (χ0n) is 7.30. The van der Waals surface area contributed by atoms with Gasteiger partial charge in [-0.05, 0) is 12.1 Å². The van der Waals surface area contributed by atoms with Crippen molar-refractivity contribution in [1.82, 2.24) is 10.4 Å². The summed E-state index contributed by atoms with van der Waals surface area (Å²) in [4.78, 5) is 14.0. The second-order valence-corrected chi connectivity index (χ2v) is 2.60. The van der Waals surface area contributed by atoms with Gasteiger partial charge >= 0.3 is 6.18 Å². The van der Waals surface area contributed by atoms with E-state index < -0.39 is 23.6 Å². The van der Waals surface area contributed by atoms with Crippen molar-refractivity contribution < 1.29 is 18.0 Å². The summed E-state index contributed by atoms with van der Waals surface area (Å²) in [6.45, 7) is 0. The Bertz CT molecular complexity index is 390. The van der Waals surface area contributed by atoms with Crippen molar-refractivity contribution >= 4 is 11.7 Å². The molecular weight excluding hydrogens is 213 g/mol. The highest BCUT2D eigenvalue weighted by molar-refractivity contribution is 5.97. The SMILES string of the molecule is NNC(=O)c1ccc(C(F)(F)F)nc1N. The number of pyridine rings is 1. The van der Waals surface area contributed by atoms with Crippen molar-refractivity contribution in [2.24, 2.45) is 5.84 Å². The molecule has 0 atom stereocenters. The molecule has 0 aliphatic carbocycles. The number of nitrogen functional groups attached to an aromatic ring is 2. The van der Waals surface area contributed by atoms with Crippen LogP contribution >= 0.6 is 0 Å². The summed E-state index contributed by atoms with van der Waals surface area (Å²) in [5.74, 6) is 3.47. The Morgan fingerprint density at radius 2 is 2.00 bits per heavy atom. The monoisotopic (exact) mass is 220 g/mol. The molecule has 82 valence electrons. The number of amides is 1. The number of hydrogen-bond acceptors (Lipinski definition) is 4. The molecule has 0 bridgehead atoms. The molecule has 0 aromatic carbocycles.